The summed E-state index contributed by atoms with van der Waals surface area (Å²) < 4.78 is 3.15. The third-order valence-electron chi connectivity index (χ3n) is 2.48. The van der Waals surface area contributed by atoms with Gasteiger partial charge < -0.3 is 5.32 Å². The van der Waals surface area contributed by atoms with Gasteiger partial charge in [0.25, 0.3) is 0 Å². The number of aryl methyl sites for hydroxylation is 2. The molecule has 0 unspecified atom stereocenters. The molecule has 1 aromatic carbocycles. The number of hydrogen-bond acceptors (Lipinski definition) is 2. The topological polar surface area (TPSA) is 29.9 Å². The van der Waals surface area contributed by atoms with Crippen LogP contribution >= 0.6 is 15.9 Å². The fraction of sp³-hybridized carbons (Fsp3) is 0.250. The van der Waals surface area contributed by atoms with E-state index in [1.165, 1.54) is 5.56 Å². The van der Waals surface area contributed by atoms with Gasteiger partial charge in [-0.2, -0.15) is 0 Å². The zero-order chi connectivity index (χ0) is 11.7. The summed E-state index contributed by atoms with van der Waals surface area (Å²) in [6.07, 6.45) is 2.02. The molecule has 84 valence electrons. The van der Waals surface area contributed by atoms with Gasteiger partial charge >= 0.3 is 0 Å². The lowest BCUT2D eigenvalue weighted by Gasteiger charge is -2.10. The first-order valence-corrected chi connectivity index (χ1v) is 5.92. The predicted octanol–water partition coefficient (Wildman–Crippen LogP) is 3.29. The Hall–Kier alpha value is -1.29. The number of nitrogens with zero attached hydrogens (tertiary/aromatic N) is 2. The number of halogens is 1. The van der Waals surface area contributed by atoms with Crippen molar-refractivity contribution in [3.05, 3.63) is 40.1 Å². The monoisotopic (exact) mass is 279 g/mol. The van der Waals surface area contributed by atoms with Crippen molar-refractivity contribution < 1.29 is 0 Å². The number of hydrogen-bond donors (Lipinski definition) is 1. The van der Waals surface area contributed by atoms with Crippen molar-refractivity contribution >= 4 is 21.9 Å². The molecule has 2 rings (SSSR count). The number of benzene rings is 1. The minimum Gasteiger partial charge on any atom is -0.358 e. The molecule has 1 heterocycles. The van der Waals surface area contributed by atoms with E-state index in [1.807, 2.05) is 30.8 Å². The second-order valence-corrected chi connectivity index (χ2v) is 4.53. The van der Waals surface area contributed by atoms with E-state index < -0.39 is 0 Å². The van der Waals surface area contributed by atoms with Crippen LogP contribution in [0.2, 0.25) is 0 Å². The Bertz CT molecular complexity index is 517. The van der Waals surface area contributed by atoms with Crippen molar-refractivity contribution in [3.63, 3.8) is 0 Å². The first kappa shape index (κ1) is 11.2. The maximum absolute atomic E-state index is 4.41. The third kappa shape index (κ3) is 1.85. The van der Waals surface area contributed by atoms with Crippen molar-refractivity contribution in [2.24, 2.45) is 0 Å². The number of rotatable bonds is 2. The van der Waals surface area contributed by atoms with Gasteiger partial charge in [-0.3, -0.25) is 4.57 Å². The molecule has 0 saturated carbocycles. The van der Waals surface area contributed by atoms with Crippen LogP contribution in [0.15, 0.2) is 28.9 Å². The van der Waals surface area contributed by atoms with Gasteiger partial charge in [-0.15, -0.1) is 0 Å². The number of imidazole rings is 1. The molecule has 0 spiro atoms. The minimum absolute atomic E-state index is 0.851. The maximum Gasteiger partial charge on any atom is 0.207 e. The largest absolute Gasteiger partial charge is 0.358 e. The number of aromatic nitrogens is 2. The van der Waals surface area contributed by atoms with Gasteiger partial charge in [-0.1, -0.05) is 12.1 Å². The first-order valence-electron chi connectivity index (χ1n) is 5.12. The summed E-state index contributed by atoms with van der Waals surface area (Å²) in [4.78, 5) is 4.41. The fourth-order valence-corrected chi connectivity index (χ4v) is 2.13. The molecule has 3 nitrogen and oxygen atoms in total. The van der Waals surface area contributed by atoms with Crippen LogP contribution < -0.4 is 5.32 Å². The lowest BCUT2D eigenvalue weighted by atomic mass is 10.2. The Morgan fingerprint density at radius 3 is 2.75 bits per heavy atom. The highest BCUT2D eigenvalue weighted by molar-refractivity contribution is 9.10. The smallest absolute Gasteiger partial charge is 0.207 e. The maximum atomic E-state index is 4.41. The second kappa shape index (κ2) is 4.29. The van der Waals surface area contributed by atoms with E-state index >= 15 is 0 Å². The normalized spacial score (nSPS) is 10.5. The van der Waals surface area contributed by atoms with E-state index in [4.69, 9.17) is 0 Å². The summed E-state index contributed by atoms with van der Waals surface area (Å²) in [5, 5.41) is 3.09. The molecule has 4 heteroatoms. The van der Waals surface area contributed by atoms with Gasteiger partial charge in [-0.25, -0.2) is 4.98 Å². The van der Waals surface area contributed by atoms with Gasteiger partial charge in [0, 0.05) is 17.7 Å². The molecule has 0 bridgehead atoms. The zero-order valence-corrected chi connectivity index (χ0v) is 11.2. The third-order valence-corrected chi connectivity index (χ3v) is 3.51. The van der Waals surface area contributed by atoms with Crippen LogP contribution in [0.3, 0.4) is 0 Å². The van der Waals surface area contributed by atoms with Crippen LogP contribution in [0.5, 0.6) is 0 Å². The van der Waals surface area contributed by atoms with Crippen molar-refractivity contribution in [1.29, 1.82) is 0 Å². The number of nitrogens with one attached hydrogen (secondary N) is 1. The molecule has 0 saturated heterocycles. The molecule has 0 aliphatic rings. The SMILES string of the molecule is CNc1nc(C)cn1-c1cccc(C)c1Br. The van der Waals surface area contributed by atoms with Crippen molar-refractivity contribution in [1.82, 2.24) is 9.55 Å². The van der Waals surface area contributed by atoms with Gasteiger partial charge in [0.05, 0.1) is 11.4 Å². The van der Waals surface area contributed by atoms with Crippen LogP contribution in [-0.4, -0.2) is 16.6 Å². The van der Waals surface area contributed by atoms with E-state index in [-0.39, 0.29) is 0 Å². The van der Waals surface area contributed by atoms with E-state index in [9.17, 15) is 0 Å². The van der Waals surface area contributed by atoms with Crippen molar-refractivity contribution in [3.8, 4) is 5.69 Å². The van der Waals surface area contributed by atoms with Crippen LogP contribution in [0.1, 0.15) is 11.3 Å². The van der Waals surface area contributed by atoms with Crippen LogP contribution in [0, 0.1) is 13.8 Å². The molecule has 0 aliphatic carbocycles. The van der Waals surface area contributed by atoms with Crippen molar-refractivity contribution in [2.75, 3.05) is 12.4 Å². The van der Waals surface area contributed by atoms with E-state index in [2.05, 4.69) is 45.3 Å². The lowest BCUT2D eigenvalue weighted by Crippen LogP contribution is -2.01. The summed E-state index contributed by atoms with van der Waals surface area (Å²) in [5.74, 6) is 0.851. The number of anilines is 1. The highest BCUT2D eigenvalue weighted by atomic mass is 79.9. The van der Waals surface area contributed by atoms with Gasteiger partial charge in [-0.05, 0) is 41.4 Å². The standard InChI is InChI=1S/C12H14BrN3/c1-8-5-4-6-10(11(8)13)16-7-9(2)15-12(16)14-3/h4-7H,1-3H3,(H,14,15). The molecule has 1 aromatic heterocycles. The zero-order valence-electron chi connectivity index (χ0n) is 9.58. The molecule has 16 heavy (non-hydrogen) atoms. The Morgan fingerprint density at radius 2 is 2.06 bits per heavy atom. The Labute approximate surface area is 104 Å². The molecule has 1 N–H and O–H groups in total. The molecule has 0 amide bonds. The quantitative estimate of drug-likeness (QED) is 0.914. The Kier molecular flexibility index (Phi) is 3.01. The lowest BCUT2D eigenvalue weighted by molar-refractivity contribution is 1.04. The fourth-order valence-electron chi connectivity index (χ4n) is 1.68. The molecular weight excluding hydrogens is 266 g/mol. The summed E-state index contributed by atoms with van der Waals surface area (Å²) >= 11 is 3.61. The van der Waals surface area contributed by atoms with Crippen molar-refractivity contribution in [2.45, 2.75) is 13.8 Å². The Morgan fingerprint density at radius 1 is 1.31 bits per heavy atom. The Balaban J connectivity index is 2.62. The highest BCUT2D eigenvalue weighted by Gasteiger charge is 2.09. The van der Waals surface area contributed by atoms with Gasteiger partial charge in [0.1, 0.15) is 0 Å². The van der Waals surface area contributed by atoms with Crippen LogP contribution in [0.4, 0.5) is 5.95 Å². The molecule has 0 radical (unpaired) electrons. The summed E-state index contributed by atoms with van der Waals surface area (Å²) in [7, 11) is 1.88. The summed E-state index contributed by atoms with van der Waals surface area (Å²) in [6.45, 7) is 4.07. The van der Waals surface area contributed by atoms with Gasteiger partial charge in [0.2, 0.25) is 5.95 Å². The summed E-state index contributed by atoms with van der Waals surface area (Å²) in [5.41, 5.74) is 3.31. The molecule has 0 aliphatic heterocycles. The molecule has 0 atom stereocenters. The van der Waals surface area contributed by atoms with E-state index in [0.29, 0.717) is 0 Å². The minimum atomic E-state index is 0.851. The first-order chi connectivity index (χ1) is 7.63. The van der Waals surface area contributed by atoms with E-state index in [1.54, 1.807) is 0 Å². The predicted molar refractivity (Wildman–Crippen MR) is 70.3 cm³/mol. The average molecular weight is 280 g/mol. The molecule has 2 aromatic rings. The van der Waals surface area contributed by atoms with Gasteiger partial charge in [0.15, 0.2) is 0 Å². The highest BCUT2D eigenvalue weighted by Crippen LogP contribution is 2.27. The van der Waals surface area contributed by atoms with Crippen LogP contribution in [0.25, 0.3) is 5.69 Å². The molecule has 0 fully saturated rings. The second-order valence-electron chi connectivity index (χ2n) is 3.73. The summed E-state index contributed by atoms with van der Waals surface area (Å²) in [6, 6.07) is 6.19. The average Bonchev–Trinajstić information content (AvgIpc) is 2.63. The van der Waals surface area contributed by atoms with E-state index in [0.717, 1.165) is 21.8 Å². The molecular formula is C12H14BrN3. The van der Waals surface area contributed by atoms with Crippen LogP contribution in [-0.2, 0) is 0 Å².